The maximum Gasteiger partial charge on any atom is 0.258 e. The predicted octanol–water partition coefficient (Wildman–Crippen LogP) is 0.847. The third-order valence-corrected chi connectivity index (χ3v) is 1.86. The van der Waals surface area contributed by atoms with Crippen LogP contribution in [0.3, 0.4) is 0 Å². The summed E-state index contributed by atoms with van der Waals surface area (Å²) in [4.78, 5) is 18.7. The Hall–Kier alpha value is -2.75. The number of ketones is 1. The fourth-order valence-corrected chi connectivity index (χ4v) is 1.06. The van der Waals surface area contributed by atoms with Gasteiger partial charge in [-0.3, -0.25) is 4.79 Å². The number of carbonyl (C=O) groups is 1. The van der Waals surface area contributed by atoms with Crippen LogP contribution in [-0.2, 0) is 0 Å². The third kappa shape index (κ3) is 2.49. The van der Waals surface area contributed by atoms with Gasteiger partial charge >= 0.3 is 0 Å². The summed E-state index contributed by atoms with van der Waals surface area (Å²) in [6, 6.07) is 1.38. The van der Waals surface area contributed by atoms with Crippen LogP contribution in [0.5, 0.6) is 5.88 Å². The molecule has 2 heterocycles. The minimum absolute atomic E-state index is 0.0231. The van der Waals surface area contributed by atoms with Gasteiger partial charge in [-0.05, 0) is 11.8 Å². The van der Waals surface area contributed by atoms with Crippen LogP contribution in [0.2, 0.25) is 0 Å². The van der Waals surface area contributed by atoms with Crippen LogP contribution in [0.1, 0.15) is 16.3 Å². The Bertz CT molecular complexity index is 629. The van der Waals surface area contributed by atoms with E-state index in [-0.39, 0.29) is 17.4 Å². The Balaban J connectivity index is 2.22. The second kappa shape index (κ2) is 5.05. The highest BCUT2D eigenvalue weighted by Gasteiger charge is 2.07. The van der Waals surface area contributed by atoms with Crippen molar-refractivity contribution in [3.05, 3.63) is 35.9 Å². The number of nitrogens with zero attached hydrogens (tertiary/aromatic N) is 3. The lowest BCUT2D eigenvalue weighted by molar-refractivity contribution is 0.104. The summed E-state index contributed by atoms with van der Waals surface area (Å²) in [6.07, 6.45) is 2.17. The van der Waals surface area contributed by atoms with Crippen LogP contribution in [0.15, 0.2) is 23.0 Å². The molecule has 0 aliphatic heterocycles. The molecule has 6 nitrogen and oxygen atoms in total. The summed E-state index contributed by atoms with van der Waals surface area (Å²) < 4.78 is 22.2. The van der Waals surface area contributed by atoms with Gasteiger partial charge in [-0.25, -0.2) is 4.98 Å². The molecule has 90 valence electrons. The smallest absolute Gasteiger partial charge is 0.258 e. The monoisotopic (exact) mass is 247 g/mol. The molecule has 0 saturated heterocycles. The van der Waals surface area contributed by atoms with E-state index in [0.29, 0.717) is 0 Å². The summed E-state index contributed by atoms with van der Waals surface area (Å²) in [5.41, 5.74) is 0.0802. The van der Waals surface area contributed by atoms with E-state index < -0.39 is 11.6 Å². The normalized spacial score (nSPS) is 9.44. The van der Waals surface area contributed by atoms with Crippen molar-refractivity contribution in [3.63, 3.8) is 0 Å². The first-order chi connectivity index (χ1) is 8.70. The van der Waals surface area contributed by atoms with E-state index in [4.69, 9.17) is 0 Å². The molecule has 0 spiro atoms. The van der Waals surface area contributed by atoms with Crippen molar-refractivity contribution in [1.82, 2.24) is 15.1 Å². The highest BCUT2D eigenvalue weighted by molar-refractivity contribution is 6.07. The summed E-state index contributed by atoms with van der Waals surface area (Å²) in [6.45, 7) is 0. The Labute approximate surface area is 101 Å². The van der Waals surface area contributed by atoms with Crippen molar-refractivity contribution in [2.24, 2.45) is 0 Å². The first-order valence-electron chi connectivity index (χ1n) is 4.74. The van der Waals surface area contributed by atoms with Crippen molar-refractivity contribution in [2.75, 3.05) is 7.11 Å². The molecule has 0 fully saturated rings. The molecule has 2 rings (SSSR count). The van der Waals surface area contributed by atoms with Crippen LogP contribution >= 0.6 is 0 Å². The predicted molar refractivity (Wildman–Crippen MR) is 56.3 cm³/mol. The average Bonchev–Trinajstić information content (AvgIpc) is 2.91. The molecule has 0 amide bonds. The number of rotatable bonds is 2. The molecule has 0 atom stereocenters. The van der Waals surface area contributed by atoms with Crippen molar-refractivity contribution in [2.45, 2.75) is 0 Å². The van der Waals surface area contributed by atoms with Gasteiger partial charge in [-0.15, -0.1) is 0 Å². The molecule has 0 aliphatic rings. The number of hydrogen-bond donors (Lipinski definition) is 0. The standard InChI is InChI=1S/C11H6FN3O3/c1-17-11-7(12)6-13-10(14-11)3-2-9(16)8-4-5-18-15-8/h4-6H,1H3. The highest BCUT2D eigenvalue weighted by atomic mass is 19.1. The molecule has 0 aromatic carbocycles. The van der Waals surface area contributed by atoms with Gasteiger partial charge in [0.2, 0.25) is 11.6 Å². The Morgan fingerprint density at radius 2 is 2.39 bits per heavy atom. The van der Waals surface area contributed by atoms with Gasteiger partial charge < -0.3 is 9.26 Å². The van der Waals surface area contributed by atoms with Crippen molar-refractivity contribution in [3.8, 4) is 17.7 Å². The Morgan fingerprint density at radius 1 is 1.56 bits per heavy atom. The highest BCUT2D eigenvalue weighted by Crippen LogP contribution is 2.10. The van der Waals surface area contributed by atoms with Crippen LogP contribution in [-0.4, -0.2) is 28.0 Å². The second-order valence-electron chi connectivity index (χ2n) is 3.01. The fraction of sp³-hybridized carbons (Fsp3) is 0.0909. The number of hydrogen-bond acceptors (Lipinski definition) is 6. The first kappa shape index (κ1) is 11.7. The van der Waals surface area contributed by atoms with E-state index in [2.05, 4.69) is 36.2 Å². The lowest BCUT2D eigenvalue weighted by Gasteiger charge is -1.98. The Kier molecular flexibility index (Phi) is 3.29. The molecule has 0 radical (unpaired) electrons. The van der Waals surface area contributed by atoms with E-state index in [1.165, 1.54) is 19.4 Å². The number of halogens is 1. The second-order valence-corrected chi connectivity index (χ2v) is 3.01. The maximum atomic E-state index is 13.0. The minimum Gasteiger partial charge on any atom is -0.479 e. The van der Waals surface area contributed by atoms with Gasteiger partial charge in [0, 0.05) is 6.07 Å². The molecule has 0 N–H and O–H groups in total. The number of ether oxygens (including phenoxy) is 1. The van der Waals surface area contributed by atoms with Gasteiger partial charge in [-0.2, -0.15) is 9.37 Å². The lowest BCUT2D eigenvalue weighted by Crippen LogP contribution is -1.99. The molecule has 18 heavy (non-hydrogen) atoms. The zero-order chi connectivity index (χ0) is 13.0. The van der Waals surface area contributed by atoms with Gasteiger partial charge in [-0.1, -0.05) is 5.16 Å². The van der Waals surface area contributed by atoms with E-state index in [1.54, 1.807) is 0 Å². The molecular weight excluding hydrogens is 241 g/mol. The molecule has 0 saturated carbocycles. The van der Waals surface area contributed by atoms with E-state index in [9.17, 15) is 9.18 Å². The number of aromatic nitrogens is 3. The molecule has 0 bridgehead atoms. The maximum absolute atomic E-state index is 13.0. The van der Waals surface area contributed by atoms with E-state index in [0.717, 1.165) is 6.20 Å². The fourth-order valence-electron chi connectivity index (χ4n) is 1.06. The van der Waals surface area contributed by atoms with Gasteiger partial charge in [0.05, 0.1) is 13.3 Å². The molecular formula is C11H6FN3O3. The summed E-state index contributed by atoms with van der Waals surface area (Å²) in [5, 5.41) is 3.42. The van der Waals surface area contributed by atoms with Gasteiger partial charge in [0.1, 0.15) is 6.26 Å². The van der Waals surface area contributed by atoms with Crippen LogP contribution in [0.25, 0.3) is 0 Å². The summed E-state index contributed by atoms with van der Waals surface area (Å²) >= 11 is 0. The minimum atomic E-state index is -0.703. The van der Waals surface area contributed by atoms with Crippen molar-refractivity contribution >= 4 is 5.78 Å². The zero-order valence-electron chi connectivity index (χ0n) is 9.18. The zero-order valence-corrected chi connectivity index (χ0v) is 9.18. The van der Waals surface area contributed by atoms with Gasteiger partial charge in [0.25, 0.3) is 11.7 Å². The van der Waals surface area contributed by atoms with Crippen LogP contribution < -0.4 is 4.74 Å². The number of methoxy groups -OCH3 is 1. The first-order valence-corrected chi connectivity index (χ1v) is 4.74. The molecule has 2 aromatic rings. The van der Waals surface area contributed by atoms with Crippen molar-refractivity contribution in [1.29, 1.82) is 0 Å². The van der Waals surface area contributed by atoms with E-state index in [1.807, 2.05) is 0 Å². The quantitative estimate of drug-likeness (QED) is 0.578. The van der Waals surface area contributed by atoms with Crippen LogP contribution in [0.4, 0.5) is 4.39 Å². The summed E-state index contributed by atoms with van der Waals surface area (Å²) in [5.74, 6) is 3.14. The molecule has 0 aliphatic carbocycles. The number of Topliss-reactive ketones (excluding diaryl/α,β-unsaturated/α-hetero) is 1. The third-order valence-electron chi connectivity index (χ3n) is 1.86. The molecule has 7 heteroatoms. The molecule has 0 unspecified atom stereocenters. The van der Waals surface area contributed by atoms with E-state index >= 15 is 0 Å². The van der Waals surface area contributed by atoms with Crippen molar-refractivity contribution < 1.29 is 18.4 Å². The largest absolute Gasteiger partial charge is 0.479 e. The van der Waals surface area contributed by atoms with Crippen LogP contribution in [0, 0.1) is 17.7 Å². The molecule has 2 aromatic heterocycles. The average molecular weight is 247 g/mol. The SMILES string of the molecule is COc1nc(C#CC(=O)c2ccon2)ncc1F. The summed E-state index contributed by atoms with van der Waals surface area (Å²) in [7, 11) is 1.27. The lowest BCUT2D eigenvalue weighted by atomic mass is 10.3. The number of carbonyl (C=O) groups excluding carboxylic acids is 1. The van der Waals surface area contributed by atoms with Gasteiger partial charge in [0.15, 0.2) is 5.69 Å². The Morgan fingerprint density at radius 3 is 3.06 bits per heavy atom. The topological polar surface area (TPSA) is 78.1 Å².